The highest BCUT2D eigenvalue weighted by Gasteiger charge is 2.39. The average Bonchev–Trinajstić information content (AvgIpc) is 3.42. The first kappa shape index (κ1) is 36.9. The zero-order chi connectivity index (χ0) is 36.7. The van der Waals surface area contributed by atoms with Gasteiger partial charge in [0.1, 0.15) is 24.0 Å². The predicted octanol–water partition coefficient (Wildman–Crippen LogP) is 3.69. The van der Waals surface area contributed by atoms with Crippen molar-refractivity contribution in [2.75, 3.05) is 18.5 Å². The Bertz CT molecular complexity index is 1960. The monoisotopic (exact) mass is 693 g/mol. The van der Waals surface area contributed by atoms with Gasteiger partial charge >= 0.3 is 12.1 Å². The molecule has 262 valence electrons. The summed E-state index contributed by atoms with van der Waals surface area (Å²) in [6, 6.07) is 20.4. The zero-order valence-electron chi connectivity index (χ0n) is 27.4. The van der Waals surface area contributed by atoms with Crippen LogP contribution in [0.2, 0.25) is 0 Å². The Morgan fingerprint density at radius 3 is 2.38 bits per heavy atom. The molecular weight excluding hydrogens is 659 g/mol. The first-order valence-corrected chi connectivity index (χ1v) is 15.4. The number of anilines is 1. The Kier molecular flexibility index (Phi) is 11.4. The molecule has 1 aromatic heterocycles. The number of aliphatic carboxylic acids is 1. The normalized spacial score (nSPS) is 16.1. The van der Waals surface area contributed by atoms with Crippen LogP contribution in [-0.2, 0) is 20.9 Å². The number of carbonyl (C=O) groups is 4. The minimum Gasteiger partial charge on any atom is -0.486 e. The number of hydrogen-bond acceptors (Lipinski definition) is 8. The zero-order valence-corrected chi connectivity index (χ0v) is 27.4. The van der Waals surface area contributed by atoms with Crippen LogP contribution in [0.4, 0.5) is 18.9 Å². The molecule has 4 N–H and O–H groups in total. The van der Waals surface area contributed by atoms with Crippen LogP contribution >= 0.6 is 0 Å². The average molecular weight is 694 g/mol. The number of halogens is 3. The second-order valence-electron chi connectivity index (χ2n) is 11.1. The van der Waals surface area contributed by atoms with Crippen molar-refractivity contribution in [2.45, 2.75) is 51.7 Å². The van der Waals surface area contributed by atoms with Crippen LogP contribution in [-0.4, -0.2) is 76.5 Å². The summed E-state index contributed by atoms with van der Waals surface area (Å²) in [5.41, 5.74) is 3.03. The van der Waals surface area contributed by atoms with E-state index >= 15 is 0 Å². The third-order valence-corrected chi connectivity index (χ3v) is 7.75. The molecule has 0 bridgehead atoms. The number of carboxylic acids is 1. The molecule has 3 aromatic carbocycles. The number of fused-ring (bicyclic) bond motifs is 2. The van der Waals surface area contributed by atoms with Crippen LogP contribution in [0.5, 0.6) is 5.75 Å². The van der Waals surface area contributed by atoms with E-state index in [2.05, 4.69) is 22.0 Å². The summed E-state index contributed by atoms with van der Waals surface area (Å²) < 4.78 is 39.6. The molecular formula is C34H34F3N7O6. The summed E-state index contributed by atoms with van der Waals surface area (Å²) in [6.07, 6.45) is -5.72. The molecule has 0 spiro atoms. The molecule has 3 atom stereocenters. The van der Waals surface area contributed by atoms with E-state index in [0.29, 0.717) is 34.9 Å². The summed E-state index contributed by atoms with van der Waals surface area (Å²) in [6.45, 7) is 5.84. The number of alkyl halides is 3. The lowest BCUT2D eigenvalue weighted by atomic mass is 10.1. The topological polar surface area (TPSA) is 179 Å². The Morgan fingerprint density at radius 2 is 1.74 bits per heavy atom. The van der Waals surface area contributed by atoms with E-state index in [1.807, 2.05) is 43.3 Å². The molecule has 0 unspecified atom stereocenters. The first-order chi connectivity index (χ1) is 23.7. The maximum Gasteiger partial charge on any atom is 0.490 e. The smallest absolute Gasteiger partial charge is 0.486 e. The second kappa shape index (κ2) is 15.5. The quantitative estimate of drug-likeness (QED) is 0.214. The van der Waals surface area contributed by atoms with Gasteiger partial charge < -0.3 is 30.7 Å². The molecule has 4 aromatic rings. The lowest BCUT2D eigenvalue weighted by Gasteiger charge is -2.27. The van der Waals surface area contributed by atoms with E-state index in [4.69, 9.17) is 19.7 Å². The van der Waals surface area contributed by atoms with Crippen molar-refractivity contribution in [3.8, 4) is 17.5 Å². The molecule has 0 saturated carbocycles. The Labute approximate surface area is 284 Å². The van der Waals surface area contributed by atoms with Gasteiger partial charge in [-0.25, -0.2) is 9.48 Å². The van der Waals surface area contributed by atoms with E-state index in [9.17, 15) is 32.8 Å². The van der Waals surface area contributed by atoms with Crippen LogP contribution in [0.1, 0.15) is 42.4 Å². The van der Waals surface area contributed by atoms with Crippen molar-refractivity contribution >= 4 is 40.3 Å². The summed E-state index contributed by atoms with van der Waals surface area (Å²) in [5, 5.41) is 31.3. The SMILES string of the molecule is CCNC(=O)c1ccc(-n2nc(CN3C(=O)[C@@H](NC(=O)[C@H](C)NC)[C@H](C)Oc4ccccc43)c3ccccc32)c(C#N)c1.O=C(O)C(F)(F)F. The number of carbonyl (C=O) groups excluding carboxylic acids is 3. The first-order valence-electron chi connectivity index (χ1n) is 15.4. The molecule has 2 heterocycles. The van der Waals surface area contributed by atoms with Crippen LogP contribution in [0.25, 0.3) is 16.6 Å². The standard InChI is InChI=1S/C32H33N7O4.C2HF3O2/c1-5-35-31(41)21-14-15-25(22(16-21)17-33)39-26-11-7-6-10-23(26)24(37-39)18-38-27-12-8-9-13-28(27)43-20(3)29(32(38)42)36-30(40)19(2)34-4;3-2(4,5)1(6)7/h6-16,19-20,29,34H,5,18H2,1-4H3,(H,35,41)(H,36,40);(H,6,7)/t19-,20-,29-;/m0./s1. The van der Waals surface area contributed by atoms with Gasteiger partial charge in [-0.05, 0) is 64.2 Å². The molecule has 1 aliphatic heterocycles. The lowest BCUT2D eigenvalue weighted by Crippen LogP contribution is -2.56. The molecule has 13 nitrogen and oxygen atoms in total. The fourth-order valence-electron chi connectivity index (χ4n) is 5.08. The second-order valence-corrected chi connectivity index (χ2v) is 11.1. The summed E-state index contributed by atoms with van der Waals surface area (Å²) >= 11 is 0. The maximum atomic E-state index is 14.1. The van der Waals surface area contributed by atoms with E-state index in [1.165, 1.54) is 0 Å². The number of nitrogens with zero attached hydrogens (tertiary/aromatic N) is 4. The summed E-state index contributed by atoms with van der Waals surface area (Å²) in [4.78, 5) is 49.8. The number of ether oxygens (including phenoxy) is 1. The summed E-state index contributed by atoms with van der Waals surface area (Å²) in [7, 11) is 1.67. The molecule has 0 saturated heterocycles. The Morgan fingerprint density at radius 1 is 1.08 bits per heavy atom. The lowest BCUT2D eigenvalue weighted by molar-refractivity contribution is -0.192. The summed E-state index contributed by atoms with van der Waals surface area (Å²) in [5.74, 6) is -3.17. The van der Waals surface area contributed by atoms with Gasteiger partial charge in [0.05, 0.1) is 40.7 Å². The number of carboxylic acid groups (broad SMARTS) is 1. The van der Waals surface area contributed by atoms with Gasteiger partial charge in [0.25, 0.3) is 11.8 Å². The van der Waals surface area contributed by atoms with Crippen molar-refractivity contribution in [3.63, 3.8) is 0 Å². The van der Waals surface area contributed by atoms with Crippen molar-refractivity contribution in [3.05, 3.63) is 83.6 Å². The van der Waals surface area contributed by atoms with Crippen LogP contribution in [0.15, 0.2) is 66.7 Å². The molecule has 0 aliphatic carbocycles. The van der Waals surface area contributed by atoms with Crippen LogP contribution < -0.4 is 25.6 Å². The van der Waals surface area contributed by atoms with Crippen molar-refractivity contribution in [2.24, 2.45) is 0 Å². The molecule has 50 heavy (non-hydrogen) atoms. The number of nitriles is 1. The van der Waals surface area contributed by atoms with Crippen molar-refractivity contribution < 1.29 is 42.2 Å². The highest BCUT2D eigenvalue weighted by molar-refractivity contribution is 6.02. The van der Waals surface area contributed by atoms with E-state index in [0.717, 1.165) is 10.9 Å². The molecule has 5 rings (SSSR count). The Hall–Kier alpha value is -5.95. The van der Waals surface area contributed by atoms with E-state index in [1.54, 1.807) is 60.8 Å². The van der Waals surface area contributed by atoms with Gasteiger partial charge in [-0.3, -0.25) is 14.4 Å². The molecule has 16 heteroatoms. The van der Waals surface area contributed by atoms with E-state index < -0.39 is 30.3 Å². The van der Waals surface area contributed by atoms with Crippen molar-refractivity contribution in [1.82, 2.24) is 25.7 Å². The van der Waals surface area contributed by atoms with Crippen molar-refractivity contribution in [1.29, 1.82) is 5.26 Å². The number of aromatic nitrogens is 2. The van der Waals surface area contributed by atoms with E-state index in [-0.39, 0.29) is 29.8 Å². The molecule has 0 fully saturated rings. The molecule has 1 aliphatic rings. The Balaban J connectivity index is 0.000000727. The molecule has 0 radical (unpaired) electrons. The fourth-order valence-corrected chi connectivity index (χ4v) is 5.08. The largest absolute Gasteiger partial charge is 0.490 e. The number of likely N-dealkylation sites (N-methyl/N-ethyl adjacent to an activating group) is 1. The molecule has 3 amide bonds. The minimum atomic E-state index is -5.08. The predicted molar refractivity (Wildman–Crippen MR) is 176 cm³/mol. The number of rotatable bonds is 8. The van der Waals surface area contributed by atoms with Crippen LogP contribution in [0.3, 0.4) is 0 Å². The van der Waals surface area contributed by atoms with Gasteiger partial charge in [0.15, 0.2) is 0 Å². The van der Waals surface area contributed by atoms with Gasteiger partial charge in [-0.2, -0.15) is 23.5 Å². The highest BCUT2D eigenvalue weighted by Crippen LogP contribution is 2.35. The van der Waals surface area contributed by atoms with Gasteiger partial charge in [-0.1, -0.05) is 30.3 Å². The number of amides is 3. The van der Waals surface area contributed by atoms with Gasteiger partial charge in [0.2, 0.25) is 5.91 Å². The van der Waals surface area contributed by atoms with Gasteiger partial charge in [0, 0.05) is 17.5 Å². The fraction of sp³-hybridized carbons (Fsp3) is 0.294. The third-order valence-electron chi connectivity index (χ3n) is 7.75. The number of para-hydroxylation sites is 3. The number of benzene rings is 3. The number of nitrogens with one attached hydrogen (secondary N) is 3. The minimum absolute atomic E-state index is 0.0757. The third kappa shape index (κ3) is 8.01. The maximum absolute atomic E-state index is 14.1. The van der Waals surface area contributed by atoms with Gasteiger partial charge in [-0.15, -0.1) is 0 Å². The highest BCUT2D eigenvalue weighted by atomic mass is 19.4. The number of hydrogen-bond donors (Lipinski definition) is 4. The van der Waals surface area contributed by atoms with Crippen LogP contribution in [0, 0.1) is 11.3 Å².